The smallest absolute Gasteiger partial charge is 0.417 e. The van der Waals surface area contributed by atoms with Crippen molar-refractivity contribution in [3.8, 4) is 28.1 Å². The Morgan fingerprint density at radius 1 is 1.00 bits per heavy atom. The van der Waals surface area contributed by atoms with E-state index in [1.165, 1.54) is 30.3 Å². The number of pyridine rings is 1. The molecular formula is C24H20F3N3O4S. The number of hydrogen-bond acceptors (Lipinski definition) is 5. The van der Waals surface area contributed by atoms with Crippen LogP contribution < -0.4 is 9.46 Å². The number of nitrogens with zero attached hydrogens (tertiary/aromatic N) is 2. The van der Waals surface area contributed by atoms with E-state index < -0.39 is 27.7 Å². The lowest BCUT2D eigenvalue weighted by atomic mass is 9.99. The standard InChI is InChI=1S/C24H20F3N3O4S/c1-3-34-19-9-4-17(5-10-19)23-22(21-13-8-18(24(25,26)27)14-30(21)28-23)16-6-11-20(12-7-16)35(32,33)29-15(2)31/h4-14H,3H2,1-2H3,(H,29,31). The molecule has 0 saturated heterocycles. The number of fused-ring (bicyclic) bond motifs is 1. The highest BCUT2D eigenvalue weighted by molar-refractivity contribution is 7.90. The molecule has 0 aliphatic rings. The Morgan fingerprint density at radius 3 is 2.20 bits per heavy atom. The molecule has 1 N–H and O–H groups in total. The van der Waals surface area contributed by atoms with Crippen molar-refractivity contribution in [2.75, 3.05) is 6.61 Å². The van der Waals surface area contributed by atoms with Crippen LogP contribution in [0, 0.1) is 0 Å². The minimum absolute atomic E-state index is 0.130. The summed E-state index contributed by atoms with van der Waals surface area (Å²) in [4.78, 5) is 11.1. The summed E-state index contributed by atoms with van der Waals surface area (Å²) < 4.78 is 73.0. The van der Waals surface area contributed by atoms with Crippen molar-refractivity contribution in [3.63, 3.8) is 0 Å². The van der Waals surface area contributed by atoms with Gasteiger partial charge in [0, 0.05) is 24.2 Å². The molecule has 0 unspecified atom stereocenters. The van der Waals surface area contributed by atoms with Crippen molar-refractivity contribution < 1.29 is 31.1 Å². The number of hydrogen-bond donors (Lipinski definition) is 1. The highest BCUT2D eigenvalue weighted by Crippen LogP contribution is 2.38. The molecule has 4 rings (SSSR count). The number of alkyl halides is 3. The van der Waals surface area contributed by atoms with Gasteiger partial charge in [-0.3, -0.25) is 4.79 Å². The van der Waals surface area contributed by atoms with E-state index in [0.29, 0.717) is 40.3 Å². The van der Waals surface area contributed by atoms with Gasteiger partial charge in [-0.05, 0) is 61.0 Å². The molecule has 2 heterocycles. The highest BCUT2D eigenvalue weighted by atomic mass is 32.2. The normalized spacial score (nSPS) is 12.0. The monoisotopic (exact) mass is 503 g/mol. The molecule has 2 aromatic carbocycles. The number of sulfonamides is 1. The summed E-state index contributed by atoms with van der Waals surface area (Å²) >= 11 is 0. The summed E-state index contributed by atoms with van der Waals surface area (Å²) in [7, 11) is -4.04. The molecular weight excluding hydrogens is 483 g/mol. The van der Waals surface area contributed by atoms with Crippen LogP contribution in [0.3, 0.4) is 0 Å². The van der Waals surface area contributed by atoms with E-state index in [4.69, 9.17) is 4.74 Å². The zero-order valence-corrected chi connectivity index (χ0v) is 19.4. The summed E-state index contributed by atoms with van der Waals surface area (Å²) in [6.45, 7) is 3.41. The number of benzene rings is 2. The van der Waals surface area contributed by atoms with Gasteiger partial charge in [-0.15, -0.1) is 0 Å². The average molecular weight is 504 g/mol. The maximum Gasteiger partial charge on any atom is 0.417 e. The third-order valence-electron chi connectivity index (χ3n) is 5.13. The van der Waals surface area contributed by atoms with Crippen LogP contribution in [0.15, 0.2) is 71.8 Å². The first-order valence-corrected chi connectivity index (χ1v) is 11.9. The van der Waals surface area contributed by atoms with Crippen LogP contribution in [0.4, 0.5) is 13.2 Å². The van der Waals surface area contributed by atoms with Gasteiger partial charge in [-0.25, -0.2) is 17.7 Å². The van der Waals surface area contributed by atoms with E-state index in [1.807, 2.05) is 11.6 Å². The Hall–Kier alpha value is -3.86. The van der Waals surface area contributed by atoms with Gasteiger partial charge in [0.25, 0.3) is 10.0 Å². The maximum atomic E-state index is 13.3. The van der Waals surface area contributed by atoms with E-state index in [0.717, 1.165) is 23.7 Å². The van der Waals surface area contributed by atoms with Crippen molar-refractivity contribution in [2.24, 2.45) is 0 Å². The first-order valence-electron chi connectivity index (χ1n) is 10.5. The first-order chi connectivity index (χ1) is 16.5. The molecule has 7 nitrogen and oxygen atoms in total. The van der Waals surface area contributed by atoms with Gasteiger partial charge >= 0.3 is 6.18 Å². The van der Waals surface area contributed by atoms with Crippen molar-refractivity contribution in [1.82, 2.24) is 14.3 Å². The molecule has 0 aliphatic heterocycles. The van der Waals surface area contributed by atoms with Crippen LogP contribution in [0.1, 0.15) is 19.4 Å². The van der Waals surface area contributed by atoms with Crippen LogP contribution in [-0.2, 0) is 21.0 Å². The van der Waals surface area contributed by atoms with Crippen molar-refractivity contribution >= 4 is 21.4 Å². The van der Waals surface area contributed by atoms with Gasteiger partial charge in [-0.1, -0.05) is 12.1 Å². The molecule has 182 valence electrons. The number of carbonyl (C=O) groups is 1. The second-order valence-corrected chi connectivity index (χ2v) is 9.29. The molecule has 0 saturated carbocycles. The van der Waals surface area contributed by atoms with E-state index in [-0.39, 0.29) is 4.90 Å². The zero-order chi connectivity index (χ0) is 25.4. The van der Waals surface area contributed by atoms with Gasteiger partial charge in [-0.2, -0.15) is 18.3 Å². The number of rotatable bonds is 6. The average Bonchev–Trinajstić information content (AvgIpc) is 3.17. The fraction of sp³-hybridized carbons (Fsp3) is 0.167. The Bertz CT molecular complexity index is 1490. The lowest BCUT2D eigenvalue weighted by molar-refractivity contribution is -0.137. The van der Waals surface area contributed by atoms with Crippen molar-refractivity contribution in [3.05, 3.63) is 72.4 Å². The minimum Gasteiger partial charge on any atom is -0.494 e. The summed E-state index contributed by atoms with van der Waals surface area (Å²) in [6.07, 6.45) is -3.63. The fourth-order valence-electron chi connectivity index (χ4n) is 3.63. The molecule has 35 heavy (non-hydrogen) atoms. The molecule has 11 heteroatoms. The molecule has 4 aromatic rings. The fourth-order valence-corrected chi connectivity index (χ4v) is 4.62. The lowest BCUT2D eigenvalue weighted by Gasteiger charge is -2.09. The topological polar surface area (TPSA) is 89.8 Å². The number of aromatic nitrogens is 2. The summed E-state index contributed by atoms with van der Waals surface area (Å²) in [5.74, 6) is -0.0941. The second-order valence-electron chi connectivity index (χ2n) is 7.61. The van der Waals surface area contributed by atoms with E-state index in [2.05, 4.69) is 5.10 Å². The third kappa shape index (κ3) is 4.99. The molecule has 0 aliphatic carbocycles. The second kappa shape index (κ2) is 9.06. The number of nitrogens with one attached hydrogen (secondary N) is 1. The Morgan fingerprint density at radius 2 is 1.63 bits per heavy atom. The number of amides is 1. The number of halogens is 3. The predicted molar refractivity (Wildman–Crippen MR) is 123 cm³/mol. The van der Waals surface area contributed by atoms with E-state index >= 15 is 0 Å². The van der Waals surface area contributed by atoms with Crippen molar-refractivity contribution in [2.45, 2.75) is 24.9 Å². The van der Waals surface area contributed by atoms with Gasteiger partial charge in [0.15, 0.2) is 0 Å². The zero-order valence-electron chi connectivity index (χ0n) is 18.6. The number of carbonyl (C=O) groups excluding carboxylic acids is 1. The predicted octanol–water partition coefficient (Wildman–Crippen LogP) is 4.91. The summed E-state index contributed by atoms with van der Waals surface area (Å²) in [5, 5.41) is 4.42. The molecule has 0 bridgehead atoms. The highest BCUT2D eigenvalue weighted by Gasteiger charge is 2.31. The van der Waals surface area contributed by atoms with Crippen LogP contribution in [-0.4, -0.2) is 30.5 Å². The quantitative estimate of drug-likeness (QED) is 0.404. The van der Waals surface area contributed by atoms with Crippen LogP contribution in [0.2, 0.25) is 0 Å². The van der Waals surface area contributed by atoms with Crippen LogP contribution in [0.25, 0.3) is 27.9 Å². The van der Waals surface area contributed by atoms with Crippen LogP contribution in [0.5, 0.6) is 5.75 Å². The minimum atomic E-state index is -4.54. The molecule has 1 amide bonds. The molecule has 2 aromatic heterocycles. The molecule has 0 fully saturated rings. The van der Waals surface area contributed by atoms with Crippen LogP contribution >= 0.6 is 0 Å². The SMILES string of the molecule is CCOc1ccc(-c2nn3cc(C(F)(F)F)ccc3c2-c2ccc(S(=O)(=O)NC(C)=O)cc2)cc1. The van der Waals surface area contributed by atoms with Gasteiger partial charge in [0.2, 0.25) is 5.91 Å². The molecule has 0 atom stereocenters. The Labute approximate surface area is 199 Å². The summed E-state index contributed by atoms with van der Waals surface area (Å²) in [5.41, 5.74) is 1.64. The first kappa shape index (κ1) is 24.3. The Kier molecular flexibility index (Phi) is 6.28. The third-order valence-corrected chi connectivity index (χ3v) is 6.58. The molecule has 0 radical (unpaired) electrons. The largest absolute Gasteiger partial charge is 0.494 e. The van der Waals surface area contributed by atoms with Gasteiger partial charge in [0.1, 0.15) is 11.4 Å². The maximum absolute atomic E-state index is 13.3. The van der Waals surface area contributed by atoms with E-state index in [9.17, 15) is 26.4 Å². The summed E-state index contributed by atoms with van der Waals surface area (Å²) in [6, 6.07) is 14.9. The Balaban J connectivity index is 1.88. The lowest BCUT2D eigenvalue weighted by Crippen LogP contribution is -2.28. The number of ether oxygens (including phenoxy) is 1. The van der Waals surface area contributed by atoms with E-state index in [1.54, 1.807) is 24.3 Å². The van der Waals surface area contributed by atoms with Crippen molar-refractivity contribution in [1.29, 1.82) is 0 Å². The molecule has 0 spiro atoms. The van der Waals surface area contributed by atoms with Gasteiger partial charge in [0.05, 0.1) is 22.6 Å². The van der Waals surface area contributed by atoms with Gasteiger partial charge < -0.3 is 4.74 Å².